The maximum atomic E-state index is 11.6. The Labute approximate surface area is 113 Å². The number of hydrogen-bond acceptors (Lipinski definition) is 4. The summed E-state index contributed by atoms with van der Waals surface area (Å²) in [6, 6.07) is 8.80. The van der Waals surface area contributed by atoms with Gasteiger partial charge in [0.05, 0.1) is 24.7 Å². The van der Waals surface area contributed by atoms with Gasteiger partial charge in [-0.2, -0.15) is 0 Å². The third-order valence-corrected chi connectivity index (χ3v) is 2.79. The molecular formula is C15H20O4. The van der Waals surface area contributed by atoms with Crippen LogP contribution in [0.15, 0.2) is 30.3 Å². The van der Waals surface area contributed by atoms with Gasteiger partial charge in [0.15, 0.2) is 0 Å². The molecule has 0 amide bonds. The molecule has 1 atom stereocenters. The minimum Gasteiger partial charge on any atom is -0.465 e. The molecule has 19 heavy (non-hydrogen) atoms. The van der Waals surface area contributed by atoms with Crippen LogP contribution in [0.3, 0.4) is 0 Å². The summed E-state index contributed by atoms with van der Waals surface area (Å²) in [7, 11) is 0. The molecule has 0 aliphatic heterocycles. The summed E-state index contributed by atoms with van der Waals surface area (Å²) in [4.78, 5) is 22.9. The summed E-state index contributed by atoms with van der Waals surface area (Å²) in [6.07, 6.45) is 1.28. The number of esters is 2. The zero-order chi connectivity index (χ0) is 14.1. The molecule has 0 spiro atoms. The maximum Gasteiger partial charge on any atom is 0.338 e. The van der Waals surface area contributed by atoms with Crippen molar-refractivity contribution in [2.75, 3.05) is 13.2 Å². The van der Waals surface area contributed by atoms with Crippen molar-refractivity contribution < 1.29 is 19.1 Å². The normalized spacial score (nSPS) is 11.7. The molecule has 0 aliphatic carbocycles. The first-order chi connectivity index (χ1) is 9.15. The Morgan fingerprint density at radius 2 is 1.74 bits per heavy atom. The van der Waals surface area contributed by atoms with Crippen molar-refractivity contribution in [3.8, 4) is 0 Å². The molecule has 1 aromatic rings. The van der Waals surface area contributed by atoms with Crippen LogP contribution in [0.5, 0.6) is 0 Å². The summed E-state index contributed by atoms with van der Waals surface area (Å²) in [6.45, 7) is 4.30. The highest BCUT2D eigenvalue weighted by Gasteiger charge is 2.11. The van der Waals surface area contributed by atoms with Crippen LogP contribution in [0.4, 0.5) is 0 Å². The molecule has 1 unspecified atom stereocenters. The van der Waals surface area contributed by atoms with Gasteiger partial charge in [0, 0.05) is 6.42 Å². The quantitative estimate of drug-likeness (QED) is 0.561. The second-order valence-electron chi connectivity index (χ2n) is 4.33. The second-order valence-corrected chi connectivity index (χ2v) is 4.33. The van der Waals surface area contributed by atoms with Crippen LogP contribution in [-0.4, -0.2) is 25.2 Å². The number of rotatable bonds is 7. The smallest absolute Gasteiger partial charge is 0.338 e. The maximum absolute atomic E-state index is 11.6. The lowest BCUT2D eigenvalue weighted by Gasteiger charge is -2.09. The third-order valence-electron chi connectivity index (χ3n) is 2.79. The predicted molar refractivity (Wildman–Crippen MR) is 71.8 cm³/mol. The van der Waals surface area contributed by atoms with Crippen LogP contribution in [-0.2, 0) is 14.3 Å². The first-order valence-corrected chi connectivity index (χ1v) is 6.54. The molecule has 0 saturated heterocycles. The van der Waals surface area contributed by atoms with E-state index < -0.39 is 0 Å². The minimum atomic E-state index is -0.353. The molecular weight excluding hydrogens is 244 g/mol. The van der Waals surface area contributed by atoms with Gasteiger partial charge in [-0.1, -0.05) is 32.0 Å². The highest BCUT2D eigenvalue weighted by molar-refractivity contribution is 5.89. The van der Waals surface area contributed by atoms with E-state index in [-0.39, 0.29) is 31.1 Å². The molecule has 0 aliphatic rings. The van der Waals surface area contributed by atoms with Crippen molar-refractivity contribution in [2.24, 2.45) is 5.92 Å². The Morgan fingerprint density at radius 3 is 2.37 bits per heavy atom. The van der Waals surface area contributed by atoms with Crippen molar-refractivity contribution in [2.45, 2.75) is 26.7 Å². The number of benzene rings is 1. The van der Waals surface area contributed by atoms with Gasteiger partial charge < -0.3 is 9.47 Å². The molecule has 0 saturated carbocycles. The molecule has 0 bridgehead atoms. The van der Waals surface area contributed by atoms with Gasteiger partial charge in [0.25, 0.3) is 0 Å². The van der Waals surface area contributed by atoms with E-state index in [0.717, 1.165) is 6.42 Å². The monoisotopic (exact) mass is 264 g/mol. The van der Waals surface area contributed by atoms with E-state index in [1.807, 2.05) is 19.9 Å². The molecule has 0 heterocycles. The van der Waals surface area contributed by atoms with Crippen LogP contribution in [0.1, 0.15) is 37.0 Å². The fraction of sp³-hybridized carbons (Fsp3) is 0.467. The largest absolute Gasteiger partial charge is 0.465 e. The Balaban J connectivity index is 2.15. The van der Waals surface area contributed by atoms with Gasteiger partial charge in [-0.05, 0) is 18.6 Å². The van der Waals surface area contributed by atoms with Crippen molar-refractivity contribution in [1.82, 2.24) is 0 Å². The van der Waals surface area contributed by atoms with Crippen molar-refractivity contribution in [3.63, 3.8) is 0 Å². The molecule has 4 heteroatoms. The van der Waals surface area contributed by atoms with Gasteiger partial charge in [0.2, 0.25) is 0 Å². The van der Waals surface area contributed by atoms with E-state index in [0.29, 0.717) is 12.0 Å². The molecule has 104 valence electrons. The zero-order valence-corrected chi connectivity index (χ0v) is 11.4. The zero-order valence-electron chi connectivity index (χ0n) is 11.4. The topological polar surface area (TPSA) is 52.6 Å². The van der Waals surface area contributed by atoms with Crippen molar-refractivity contribution >= 4 is 11.9 Å². The van der Waals surface area contributed by atoms with Gasteiger partial charge in [0.1, 0.15) is 0 Å². The van der Waals surface area contributed by atoms with Crippen LogP contribution in [0.2, 0.25) is 0 Å². The molecule has 0 radical (unpaired) electrons. The van der Waals surface area contributed by atoms with E-state index in [1.54, 1.807) is 24.3 Å². The average molecular weight is 264 g/mol. The lowest BCUT2D eigenvalue weighted by atomic mass is 10.1. The molecule has 0 N–H and O–H groups in total. The van der Waals surface area contributed by atoms with Crippen LogP contribution < -0.4 is 0 Å². The standard InChI is InChI=1S/C15H20O4/c1-3-12(2)14(16)18-10-7-11-19-15(17)13-8-5-4-6-9-13/h4-6,8-9,12H,3,7,10-11H2,1-2H3. The Kier molecular flexibility index (Phi) is 6.64. The Hall–Kier alpha value is -1.84. The van der Waals surface area contributed by atoms with Gasteiger partial charge in [-0.3, -0.25) is 4.79 Å². The summed E-state index contributed by atoms with van der Waals surface area (Å²) in [5.74, 6) is -0.627. The molecule has 0 aromatic heterocycles. The van der Waals surface area contributed by atoms with E-state index in [2.05, 4.69) is 0 Å². The van der Waals surface area contributed by atoms with E-state index in [4.69, 9.17) is 9.47 Å². The summed E-state index contributed by atoms with van der Waals surface area (Å²) in [5.41, 5.74) is 0.527. The minimum absolute atomic E-state index is 0.0770. The summed E-state index contributed by atoms with van der Waals surface area (Å²) >= 11 is 0. The van der Waals surface area contributed by atoms with Gasteiger partial charge in [-0.25, -0.2) is 4.79 Å². The van der Waals surface area contributed by atoms with Crippen molar-refractivity contribution in [1.29, 1.82) is 0 Å². The van der Waals surface area contributed by atoms with E-state index in [9.17, 15) is 9.59 Å². The lowest BCUT2D eigenvalue weighted by molar-refractivity contribution is -0.148. The molecule has 1 rings (SSSR count). The average Bonchev–Trinajstić information content (AvgIpc) is 2.46. The number of carbonyl (C=O) groups excluding carboxylic acids is 2. The van der Waals surface area contributed by atoms with Crippen LogP contribution in [0, 0.1) is 5.92 Å². The highest BCUT2D eigenvalue weighted by atomic mass is 16.5. The predicted octanol–water partition coefficient (Wildman–Crippen LogP) is 2.82. The van der Waals surface area contributed by atoms with E-state index in [1.165, 1.54) is 0 Å². The lowest BCUT2D eigenvalue weighted by Crippen LogP contribution is -2.16. The first kappa shape index (κ1) is 15.2. The Morgan fingerprint density at radius 1 is 1.11 bits per heavy atom. The highest BCUT2D eigenvalue weighted by Crippen LogP contribution is 2.04. The number of hydrogen-bond donors (Lipinski definition) is 0. The van der Waals surface area contributed by atoms with Gasteiger partial charge >= 0.3 is 11.9 Å². The number of carbonyl (C=O) groups is 2. The summed E-state index contributed by atoms with van der Waals surface area (Å²) in [5, 5.41) is 0. The number of ether oxygens (including phenoxy) is 2. The summed E-state index contributed by atoms with van der Waals surface area (Å²) < 4.78 is 10.1. The third kappa shape index (κ3) is 5.55. The first-order valence-electron chi connectivity index (χ1n) is 6.54. The van der Waals surface area contributed by atoms with Crippen molar-refractivity contribution in [3.05, 3.63) is 35.9 Å². The van der Waals surface area contributed by atoms with Crippen LogP contribution in [0.25, 0.3) is 0 Å². The van der Waals surface area contributed by atoms with Gasteiger partial charge in [-0.15, -0.1) is 0 Å². The Bertz CT molecular complexity index is 400. The fourth-order valence-corrected chi connectivity index (χ4v) is 1.36. The molecule has 1 aromatic carbocycles. The molecule has 0 fully saturated rings. The fourth-order valence-electron chi connectivity index (χ4n) is 1.36. The van der Waals surface area contributed by atoms with E-state index >= 15 is 0 Å². The SMILES string of the molecule is CCC(C)C(=O)OCCCOC(=O)c1ccccc1. The second kappa shape index (κ2) is 8.29. The molecule has 4 nitrogen and oxygen atoms in total. The van der Waals surface area contributed by atoms with Crippen LogP contribution >= 0.6 is 0 Å².